The fourth-order valence-electron chi connectivity index (χ4n) is 0.455. The third-order valence-electron chi connectivity index (χ3n) is 1.46. The summed E-state index contributed by atoms with van der Waals surface area (Å²) in [6.45, 7) is 4.91. The Morgan fingerprint density at radius 2 is 2.00 bits per heavy atom. The lowest BCUT2D eigenvalue weighted by Gasteiger charge is -2.09. The van der Waals surface area contributed by atoms with Crippen molar-refractivity contribution in [3.8, 4) is 0 Å². The number of hydrogen-bond donors (Lipinski definition) is 0. The Balaban J connectivity index is 4.03. The third kappa shape index (κ3) is 5.46. The molecule has 5 nitrogen and oxygen atoms in total. The second-order valence-electron chi connectivity index (χ2n) is 2.56. The summed E-state index contributed by atoms with van der Waals surface area (Å²) in [5, 5.41) is 0. The fourth-order valence-corrected chi connectivity index (χ4v) is 0.854. The Kier molecular flexibility index (Phi) is 4.76. The van der Waals surface area contributed by atoms with Crippen LogP contribution in [0.2, 0.25) is 0 Å². The van der Waals surface area contributed by atoms with Crippen LogP contribution in [0, 0.1) is 0 Å². The van der Waals surface area contributed by atoms with E-state index >= 15 is 0 Å². The van der Waals surface area contributed by atoms with Crippen molar-refractivity contribution in [2.75, 3.05) is 5.75 Å². The van der Waals surface area contributed by atoms with E-state index in [0.717, 1.165) is 0 Å². The van der Waals surface area contributed by atoms with Crippen LogP contribution in [-0.2, 0) is 14.8 Å². The van der Waals surface area contributed by atoms with Crippen LogP contribution in [-0.4, -0.2) is 26.4 Å². The Morgan fingerprint density at radius 1 is 1.46 bits per heavy atom. The summed E-state index contributed by atoms with van der Waals surface area (Å²) in [6, 6.07) is 0. The van der Waals surface area contributed by atoms with Gasteiger partial charge in [0.2, 0.25) is 0 Å². The van der Waals surface area contributed by atoms with Gasteiger partial charge in [0.1, 0.15) is 6.10 Å². The molecule has 0 saturated carbocycles. The van der Waals surface area contributed by atoms with Crippen LogP contribution in [0.25, 0.3) is 0 Å². The van der Waals surface area contributed by atoms with Crippen molar-refractivity contribution >= 4 is 16.1 Å². The average Bonchev–Trinajstić information content (AvgIpc) is 2.03. The largest absolute Gasteiger partial charge is 0.444 e. The van der Waals surface area contributed by atoms with Crippen LogP contribution in [0.3, 0.4) is 0 Å². The molecule has 0 aromatic heterocycles. The first-order valence-electron chi connectivity index (χ1n) is 4.07. The van der Waals surface area contributed by atoms with Gasteiger partial charge in [0, 0.05) is 0 Å². The normalized spacial score (nSPS) is 13.5. The van der Waals surface area contributed by atoms with Gasteiger partial charge in [0.05, 0.1) is 5.75 Å². The van der Waals surface area contributed by atoms with E-state index < -0.39 is 16.1 Å². The number of rotatable bonds is 4. The number of carbonyl (C=O) groups is 1. The van der Waals surface area contributed by atoms with Crippen molar-refractivity contribution in [3.05, 3.63) is 0 Å². The average molecular weight is 208 g/mol. The topological polar surface area (TPSA) is 74.5 Å². The molecule has 6 heteroatoms. The maximum absolute atomic E-state index is 10.8. The van der Waals surface area contributed by atoms with E-state index in [1.807, 2.05) is 6.92 Å². The molecule has 0 heterocycles. The van der Waals surface area contributed by atoms with Gasteiger partial charge < -0.3 is 4.74 Å². The van der Waals surface area contributed by atoms with Crippen LogP contribution in [0.1, 0.15) is 27.2 Å². The monoisotopic (exact) mass is 208 g/mol. The van der Waals surface area contributed by atoms with Gasteiger partial charge in [-0.25, -0.2) is 13.2 Å². The van der Waals surface area contributed by atoms with Gasteiger partial charge in [-0.1, -0.05) is 11.6 Å². The Morgan fingerprint density at radius 3 is 2.38 bits per heavy atom. The highest BCUT2D eigenvalue weighted by atomic mass is 32.2. The number of ether oxygens (including phenoxy) is 1. The lowest BCUT2D eigenvalue weighted by molar-refractivity contribution is 0.110. The minimum absolute atomic E-state index is 0.192. The standard InChI is InChI=1S/C7H14NO4S/c1-4-6(3)12-7(9)8-13(10,11)5-2/h6H,4-5H2,1-3H3. The first-order chi connectivity index (χ1) is 5.91. The van der Waals surface area contributed by atoms with E-state index in [0.29, 0.717) is 6.42 Å². The van der Waals surface area contributed by atoms with Gasteiger partial charge in [0.25, 0.3) is 10.0 Å². The highest BCUT2D eigenvalue weighted by Crippen LogP contribution is 1.98. The van der Waals surface area contributed by atoms with E-state index in [-0.39, 0.29) is 11.9 Å². The molecule has 1 amide bonds. The van der Waals surface area contributed by atoms with Crippen molar-refractivity contribution in [3.63, 3.8) is 0 Å². The molecule has 13 heavy (non-hydrogen) atoms. The minimum Gasteiger partial charge on any atom is -0.444 e. The molecule has 1 atom stereocenters. The molecule has 0 aliphatic rings. The van der Waals surface area contributed by atoms with Crippen molar-refractivity contribution in [2.24, 2.45) is 0 Å². The van der Waals surface area contributed by atoms with E-state index in [1.165, 1.54) is 6.92 Å². The Bertz CT molecular complexity index is 260. The third-order valence-corrected chi connectivity index (χ3v) is 2.61. The Hall–Kier alpha value is -0.780. The quantitative estimate of drug-likeness (QED) is 0.687. The van der Waals surface area contributed by atoms with Crippen LogP contribution in [0.4, 0.5) is 4.79 Å². The maximum Gasteiger partial charge on any atom is 0.444 e. The molecule has 1 unspecified atom stereocenters. The smallest absolute Gasteiger partial charge is 0.444 e. The summed E-state index contributed by atoms with van der Waals surface area (Å²) in [5.41, 5.74) is 0. The molecule has 0 spiro atoms. The van der Waals surface area contributed by atoms with Crippen LogP contribution < -0.4 is 4.72 Å². The lowest BCUT2D eigenvalue weighted by Crippen LogP contribution is -2.28. The minimum atomic E-state index is -3.62. The summed E-state index contributed by atoms with van der Waals surface area (Å²) in [7, 11) is -3.62. The van der Waals surface area contributed by atoms with Gasteiger partial charge >= 0.3 is 6.09 Å². The number of carbonyl (C=O) groups excluding carboxylic acids is 1. The maximum atomic E-state index is 10.8. The number of hydrogen-bond acceptors (Lipinski definition) is 4. The lowest BCUT2D eigenvalue weighted by atomic mass is 10.3. The zero-order valence-electron chi connectivity index (χ0n) is 7.98. The number of sulfonamides is 1. The zero-order valence-corrected chi connectivity index (χ0v) is 8.80. The Labute approximate surface area is 78.5 Å². The molecule has 0 aromatic carbocycles. The molecule has 0 rings (SSSR count). The molecule has 77 valence electrons. The molecule has 0 aliphatic heterocycles. The first-order valence-corrected chi connectivity index (χ1v) is 5.68. The van der Waals surface area contributed by atoms with Crippen molar-refractivity contribution in [1.29, 1.82) is 0 Å². The predicted molar refractivity (Wildman–Crippen MR) is 47.8 cm³/mol. The highest BCUT2D eigenvalue weighted by molar-refractivity contribution is 7.89. The van der Waals surface area contributed by atoms with Crippen molar-refractivity contribution in [2.45, 2.75) is 33.3 Å². The van der Waals surface area contributed by atoms with Gasteiger partial charge in [-0.05, 0) is 20.3 Å². The molecule has 1 radical (unpaired) electrons. The second kappa shape index (κ2) is 5.06. The van der Waals surface area contributed by atoms with Gasteiger partial charge in [-0.2, -0.15) is 0 Å². The summed E-state index contributed by atoms with van der Waals surface area (Å²) < 4.78 is 29.2. The molecular weight excluding hydrogens is 194 g/mol. The van der Waals surface area contributed by atoms with Crippen LogP contribution in [0.15, 0.2) is 0 Å². The SMILES string of the molecule is CCC(C)OC(=O)[N]S(=O)(=O)CC. The van der Waals surface area contributed by atoms with Gasteiger partial charge in [0.15, 0.2) is 0 Å². The van der Waals surface area contributed by atoms with Crippen molar-refractivity contribution in [1.82, 2.24) is 4.72 Å². The summed E-state index contributed by atoms with van der Waals surface area (Å²) >= 11 is 0. The number of nitrogens with zero attached hydrogens (tertiary/aromatic N) is 1. The molecule has 0 saturated heterocycles. The predicted octanol–water partition coefficient (Wildman–Crippen LogP) is 0.876. The van der Waals surface area contributed by atoms with E-state index in [2.05, 4.69) is 9.46 Å². The summed E-state index contributed by atoms with van der Waals surface area (Å²) in [4.78, 5) is 10.8. The van der Waals surface area contributed by atoms with E-state index in [4.69, 9.17) is 0 Å². The first kappa shape index (κ1) is 12.2. The molecule has 0 bridgehead atoms. The van der Waals surface area contributed by atoms with E-state index in [1.54, 1.807) is 6.92 Å². The van der Waals surface area contributed by atoms with Gasteiger partial charge in [-0.3, -0.25) is 0 Å². The highest BCUT2D eigenvalue weighted by Gasteiger charge is 2.17. The molecular formula is C7H14NO4S. The molecule has 0 N–H and O–H groups in total. The summed E-state index contributed by atoms with van der Waals surface area (Å²) in [5.74, 6) is -0.192. The van der Waals surface area contributed by atoms with Crippen molar-refractivity contribution < 1.29 is 17.9 Å². The number of amides is 1. The van der Waals surface area contributed by atoms with Crippen LogP contribution in [0.5, 0.6) is 0 Å². The zero-order chi connectivity index (χ0) is 10.5. The summed E-state index contributed by atoms with van der Waals surface area (Å²) in [6.07, 6.45) is -0.701. The molecule has 0 aliphatic carbocycles. The second-order valence-corrected chi connectivity index (χ2v) is 4.49. The molecule has 0 fully saturated rings. The molecule has 0 aromatic rings. The van der Waals surface area contributed by atoms with E-state index in [9.17, 15) is 13.2 Å². The van der Waals surface area contributed by atoms with Crippen LogP contribution >= 0.6 is 0 Å². The fraction of sp³-hybridized carbons (Fsp3) is 0.857. The van der Waals surface area contributed by atoms with Gasteiger partial charge in [-0.15, -0.1) is 0 Å².